The van der Waals surface area contributed by atoms with Gasteiger partial charge in [-0.1, -0.05) is 35.5 Å². The smallest absolute Gasteiger partial charge is 0.326 e. The maximum atomic E-state index is 12.3. The van der Waals surface area contributed by atoms with Crippen LogP contribution in [-0.2, 0) is 4.79 Å². The zero-order valence-electron chi connectivity index (χ0n) is 11.2. The number of amides is 1. The molecule has 108 valence electrons. The van der Waals surface area contributed by atoms with Crippen molar-refractivity contribution in [3.05, 3.63) is 42.1 Å². The molecule has 0 radical (unpaired) electrons. The lowest BCUT2D eigenvalue weighted by atomic mass is 10.1. The molecule has 3 rings (SSSR count). The third-order valence-electron chi connectivity index (χ3n) is 3.59. The molecule has 0 bridgehead atoms. The molecule has 0 spiro atoms. The first kappa shape index (κ1) is 13.4. The molecule has 1 aromatic carbocycles. The summed E-state index contributed by atoms with van der Waals surface area (Å²) < 4.78 is 5.18. The fourth-order valence-electron chi connectivity index (χ4n) is 2.53. The van der Waals surface area contributed by atoms with E-state index in [-0.39, 0.29) is 5.69 Å². The van der Waals surface area contributed by atoms with Crippen molar-refractivity contribution in [3.63, 3.8) is 0 Å². The zero-order valence-corrected chi connectivity index (χ0v) is 11.2. The van der Waals surface area contributed by atoms with Gasteiger partial charge in [0.05, 0.1) is 0 Å². The summed E-state index contributed by atoms with van der Waals surface area (Å²) in [5, 5.41) is 12.9. The first-order valence-electron chi connectivity index (χ1n) is 6.73. The maximum Gasteiger partial charge on any atom is 0.326 e. The second-order valence-electron chi connectivity index (χ2n) is 4.94. The van der Waals surface area contributed by atoms with E-state index >= 15 is 0 Å². The van der Waals surface area contributed by atoms with Crippen LogP contribution in [0.25, 0.3) is 11.3 Å². The van der Waals surface area contributed by atoms with Gasteiger partial charge in [-0.15, -0.1) is 0 Å². The van der Waals surface area contributed by atoms with Crippen LogP contribution in [0.2, 0.25) is 0 Å². The standard InChI is InChI=1S/C15H14N2O4/c18-14(17-8-4-7-12(17)15(19)20)11-9-13(21-16-11)10-5-2-1-3-6-10/h1-3,5-6,9,12H,4,7-8H2,(H,19,20). The van der Waals surface area contributed by atoms with Gasteiger partial charge in [0.2, 0.25) is 0 Å². The molecule has 1 aliphatic rings. The van der Waals surface area contributed by atoms with Crippen molar-refractivity contribution in [2.75, 3.05) is 6.54 Å². The lowest BCUT2D eigenvalue weighted by Crippen LogP contribution is -2.40. The van der Waals surface area contributed by atoms with Gasteiger partial charge in [-0.2, -0.15) is 0 Å². The molecule has 21 heavy (non-hydrogen) atoms. The quantitative estimate of drug-likeness (QED) is 0.933. The van der Waals surface area contributed by atoms with Crippen molar-refractivity contribution in [3.8, 4) is 11.3 Å². The predicted octanol–water partition coefficient (Wildman–Crippen LogP) is 2.03. The van der Waals surface area contributed by atoms with Gasteiger partial charge in [-0.05, 0) is 12.8 Å². The summed E-state index contributed by atoms with van der Waals surface area (Å²) in [5.41, 5.74) is 0.960. The molecule has 0 saturated carbocycles. The summed E-state index contributed by atoms with van der Waals surface area (Å²) in [6, 6.07) is 10.1. The minimum absolute atomic E-state index is 0.141. The van der Waals surface area contributed by atoms with E-state index in [4.69, 9.17) is 9.63 Å². The molecule has 6 nitrogen and oxygen atoms in total. The number of carbonyl (C=O) groups excluding carboxylic acids is 1. The number of carboxylic acid groups (broad SMARTS) is 1. The number of aliphatic carboxylic acids is 1. The van der Waals surface area contributed by atoms with E-state index in [0.29, 0.717) is 25.1 Å². The summed E-state index contributed by atoms with van der Waals surface area (Å²) >= 11 is 0. The normalized spacial score (nSPS) is 17.9. The Balaban J connectivity index is 1.83. The summed E-state index contributed by atoms with van der Waals surface area (Å²) in [7, 11) is 0. The van der Waals surface area contributed by atoms with E-state index in [0.717, 1.165) is 5.56 Å². The van der Waals surface area contributed by atoms with Crippen LogP contribution in [0.1, 0.15) is 23.3 Å². The number of benzene rings is 1. The second kappa shape index (κ2) is 5.40. The molecule has 1 atom stereocenters. The van der Waals surface area contributed by atoms with Crippen LogP contribution in [-0.4, -0.2) is 39.6 Å². The van der Waals surface area contributed by atoms with Crippen LogP contribution >= 0.6 is 0 Å². The van der Waals surface area contributed by atoms with Crippen molar-refractivity contribution in [1.29, 1.82) is 0 Å². The zero-order chi connectivity index (χ0) is 14.8. The van der Waals surface area contributed by atoms with Crippen LogP contribution in [0, 0.1) is 0 Å². The second-order valence-corrected chi connectivity index (χ2v) is 4.94. The molecule has 1 amide bonds. The van der Waals surface area contributed by atoms with E-state index in [1.807, 2.05) is 30.3 Å². The summed E-state index contributed by atoms with van der Waals surface area (Å²) in [4.78, 5) is 24.8. The van der Waals surface area contributed by atoms with E-state index in [2.05, 4.69) is 5.16 Å². The molecule has 1 aromatic heterocycles. The topological polar surface area (TPSA) is 83.6 Å². The minimum atomic E-state index is -0.979. The first-order valence-corrected chi connectivity index (χ1v) is 6.73. The average molecular weight is 286 g/mol. The van der Waals surface area contributed by atoms with Gasteiger partial charge in [0.25, 0.3) is 5.91 Å². The summed E-state index contributed by atoms with van der Waals surface area (Å²) in [6.07, 6.45) is 1.16. The van der Waals surface area contributed by atoms with Crippen molar-refractivity contribution >= 4 is 11.9 Å². The Morgan fingerprint density at radius 1 is 1.29 bits per heavy atom. The first-order chi connectivity index (χ1) is 10.2. The van der Waals surface area contributed by atoms with Gasteiger partial charge in [-0.3, -0.25) is 4.79 Å². The number of hydrogen-bond acceptors (Lipinski definition) is 4. The van der Waals surface area contributed by atoms with Crippen molar-refractivity contribution < 1.29 is 19.2 Å². The maximum absolute atomic E-state index is 12.3. The van der Waals surface area contributed by atoms with E-state index in [1.165, 1.54) is 4.90 Å². The van der Waals surface area contributed by atoms with Crippen LogP contribution in [0.5, 0.6) is 0 Å². The molecule has 1 saturated heterocycles. The highest BCUT2D eigenvalue weighted by Crippen LogP contribution is 2.23. The predicted molar refractivity (Wildman–Crippen MR) is 73.6 cm³/mol. The van der Waals surface area contributed by atoms with E-state index in [1.54, 1.807) is 6.07 Å². The highest BCUT2D eigenvalue weighted by Gasteiger charge is 2.35. The molecule has 1 aliphatic heterocycles. The van der Waals surface area contributed by atoms with Crippen molar-refractivity contribution in [1.82, 2.24) is 10.1 Å². The van der Waals surface area contributed by atoms with E-state index in [9.17, 15) is 9.59 Å². The third-order valence-corrected chi connectivity index (χ3v) is 3.59. The SMILES string of the molecule is O=C(O)C1CCCN1C(=O)c1cc(-c2ccccc2)on1. The molecule has 2 aromatic rings. The number of carboxylic acids is 1. The Bertz CT molecular complexity index is 665. The highest BCUT2D eigenvalue weighted by molar-refractivity contribution is 5.96. The van der Waals surface area contributed by atoms with Crippen LogP contribution < -0.4 is 0 Å². The third kappa shape index (κ3) is 2.52. The summed E-state index contributed by atoms with van der Waals surface area (Å²) in [5.74, 6) is -0.886. The largest absolute Gasteiger partial charge is 0.480 e. The minimum Gasteiger partial charge on any atom is -0.480 e. The van der Waals surface area contributed by atoms with Crippen molar-refractivity contribution in [2.24, 2.45) is 0 Å². The lowest BCUT2D eigenvalue weighted by Gasteiger charge is -2.19. The number of nitrogens with zero attached hydrogens (tertiary/aromatic N) is 2. The number of rotatable bonds is 3. The Kier molecular flexibility index (Phi) is 3.43. The van der Waals surface area contributed by atoms with Gasteiger partial charge in [-0.25, -0.2) is 4.79 Å². The molecular weight excluding hydrogens is 272 g/mol. The van der Waals surface area contributed by atoms with E-state index < -0.39 is 17.9 Å². The number of carbonyl (C=O) groups is 2. The molecule has 1 N–H and O–H groups in total. The van der Waals surface area contributed by atoms with Gasteiger partial charge in [0.1, 0.15) is 6.04 Å². The van der Waals surface area contributed by atoms with Crippen LogP contribution in [0.3, 0.4) is 0 Å². The highest BCUT2D eigenvalue weighted by atomic mass is 16.5. The molecule has 0 aliphatic carbocycles. The Labute approximate surface area is 121 Å². The monoisotopic (exact) mass is 286 g/mol. The number of hydrogen-bond donors (Lipinski definition) is 1. The Morgan fingerprint density at radius 3 is 2.76 bits per heavy atom. The van der Waals surface area contributed by atoms with Crippen molar-refractivity contribution in [2.45, 2.75) is 18.9 Å². The fraction of sp³-hybridized carbons (Fsp3) is 0.267. The van der Waals surface area contributed by atoms with Crippen LogP contribution in [0.4, 0.5) is 0 Å². The molecule has 1 fully saturated rings. The fourth-order valence-corrected chi connectivity index (χ4v) is 2.53. The van der Waals surface area contributed by atoms with Gasteiger partial charge in [0.15, 0.2) is 11.5 Å². The molecule has 6 heteroatoms. The number of likely N-dealkylation sites (tertiary alicyclic amines) is 1. The summed E-state index contributed by atoms with van der Waals surface area (Å²) in [6.45, 7) is 0.434. The van der Waals surface area contributed by atoms with Crippen LogP contribution in [0.15, 0.2) is 40.9 Å². The van der Waals surface area contributed by atoms with Gasteiger partial charge < -0.3 is 14.5 Å². The molecule has 2 heterocycles. The van der Waals surface area contributed by atoms with Gasteiger partial charge >= 0.3 is 5.97 Å². The lowest BCUT2D eigenvalue weighted by molar-refractivity contribution is -0.141. The average Bonchev–Trinajstić information content (AvgIpc) is 3.17. The molecular formula is C15H14N2O4. The Hall–Kier alpha value is -2.63. The van der Waals surface area contributed by atoms with Gasteiger partial charge in [0, 0.05) is 18.2 Å². The Morgan fingerprint density at radius 2 is 2.05 bits per heavy atom. The number of aromatic nitrogens is 1. The molecule has 1 unspecified atom stereocenters.